The Labute approximate surface area is 144 Å². The van der Waals surface area contributed by atoms with Gasteiger partial charge < -0.3 is 4.90 Å². The van der Waals surface area contributed by atoms with Crippen LogP contribution < -0.4 is 10.5 Å². The minimum atomic E-state index is 0.0371. The van der Waals surface area contributed by atoms with Crippen LogP contribution in [0.4, 0.5) is 5.82 Å². The lowest BCUT2D eigenvalue weighted by atomic mass is 9.96. The Hall–Kier alpha value is -2.70. The lowest BCUT2D eigenvalue weighted by Crippen LogP contribution is -2.50. The molecule has 3 aromatic rings. The molecule has 0 aromatic carbocycles. The van der Waals surface area contributed by atoms with E-state index in [1.54, 1.807) is 23.1 Å². The summed E-state index contributed by atoms with van der Waals surface area (Å²) in [5.74, 6) is 1.39. The van der Waals surface area contributed by atoms with Crippen LogP contribution >= 0.6 is 0 Å². The molecule has 2 aliphatic rings. The van der Waals surface area contributed by atoms with Gasteiger partial charge in [-0.15, -0.1) is 0 Å². The summed E-state index contributed by atoms with van der Waals surface area (Å²) in [6.07, 6.45) is 9.76. The molecule has 0 unspecified atom stereocenters. The molecule has 1 saturated heterocycles. The smallest absolute Gasteiger partial charge is 0.267 e. The molecular formula is C18H20N6O. The maximum absolute atomic E-state index is 12.3. The molecular weight excluding hydrogens is 316 g/mol. The van der Waals surface area contributed by atoms with E-state index < -0.39 is 0 Å². The predicted octanol–water partition coefficient (Wildman–Crippen LogP) is 1.30. The van der Waals surface area contributed by atoms with Gasteiger partial charge in [0.05, 0.1) is 18.4 Å². The van der Waals surface area contributed by atoms with Gasteiger partial charge in [-0.2, -0.15) is 10.2 Å². The molecule has 3 aromatic heterocycles. The summed E-state index contributed by atoms with van der Waals surface area (Å²) >= 11 is 0. The largest absolute Gasteiger partial charge is 0.354 e. The highest BCUT2D eigenvalue weighted by Crippen LogP contribution is 2.27. The zero-order valence-electron chi connectivity index (χ0n) is 14.0. The van der Waals surface area contributed by atoms with Crippen LogP contribution in [0.5, 0.6) is 0 Å². The molecule has 0 bridgehead atoms. The fourth-order valence-electron chi connectivity index (χ4n) is 3.92. The van der Waals surface area contributed by atoms with E-state index >= 15 is 0 Å². The fraction of sp³-hybridized carbons (Fsp3) is 0.444. The minimum Gasteiger partial charge on any atom is -0.354 e. The van der Waals surface area contributed by atoms with Gasteiger partial charge >= 0.3 is 0 Å². The predicted molar refractivity (Wildman–Crippen MR) is 93.8 cm³/mol. The maximum Gasteiger partial charge on any atom is 0.267 e. The number of aryl methyl sites for hydroxylation is 2. The highest BCUT2D eigenvalue weighted by molar-refractivity contribution is 5.69. The fourth-order valence-corrected chi connectivity index (χ4v) is 3.92. The van der Waals surface area contributed by atoms with Crippen LogP contribution in [-0.4, -0.2) is 37.5 Å². The van der Waals surface area contributed by atoms with Crippen molar-refractivity contribution < 1.29 is 0 Å². The quantitative estimate of drug-likeness (QED) is 0.721. The van der Waals surface area contributed by atoms with Crippen LogP contribution in [0, 0.1) is 5.92 Å². The Morgan fingerprint density at radius 2 is 2.04 bits per heavy atom. The van der Waals surface area contributed by atoms with Gasteiger partial charge in [0.25, 0.3) is 5.56 Å². The number of fused-ring (bicyclic) bond motifs is 2. The third kappa shape index (κ3) is 2.50. The van der Waals surface area contributed by atoms with Gasteiger partial charge in [0, 0.05) is 37.5 Å². The van der Waals surface area contributed by atoms with Crippen molar-refractivity contribution in [3.8, 4) is 0 Å². The van der Waals surface area contributed by atoms with Crippen molar-refractivity contribution >= 4 is 11.3 Å². The second-order valence-electron chi connectivity index (χ2n) is 7.03. The van der Waals surface area contributed by atoms with E-state index in [0.29, 0.717) is 12.5 Å². The molecule has 0 spiro atoms. The Morgan fingerprint density at radius 1 is 1.16 bits per heavy atom. The zero-order valence-corrected chi connectivity index (χ0v) is 14.0. The first-order chi connectivity index (χ1) is 12.3. The monoisotopic (exact) mass is 336 g/mol. The van der Waals surface area contributed by atoms with Crippen molar-refractivity contribution in [1.82, 2.24) is 24.4 Å². The van der Waals surface area contributed by atoms with E-state index in [9.17, 15) is 4.79 Å². The van der Waals surface area contributed by atoms with Crippen LogP contribution in [0.1, 0.15) is 24.1 Å². The van der Waals surface area contributed by atoms with E-state index in [1.807, 2.05) is 16.8 Å². The van der Waals surface area contributed by atoms with Gasteiger partial charge in [0.1, 0.15) is 5.52 Å². The highest BCUT2D eigenvalue weighted by atomic mass is 16.1. The number of hydrogen-bond donors (Lipinski definition) is 0. The molecule has 0 atom stereocenters. The molecule has 128 valence electrons. The molecule has 0 radical (unpaired) electrons. The number of aromatic nitrogens is 5. The molecule has 0 saturated carbocycles. The average molecular weight is 336 g/mol. The van der Waals surface area contributed by atoms with Gasteiger partial charge in [-0.25, -0.2) is 14.2 Å². The average Bonchev–Trinajstić information content (AvgIpc) is 3.07. The van der Waals surface area contributed by atoms with Gasteiger partial charge in [-0.1, -0.05) is 0 Å². The molecule has 25 heavy (non-hydrogen) atoms. The molecule has 1 fully saturated rings. The van der Waals surface area contributed by atoms with Gasteiger partial charge in [-0.3, -0.25) is 4.79 Å². The Bertz CT molecular complexity index is 985. The summed E-state index contributed by atoms with van der Waals surface area (Å²) in [4.78, 5) is 19.1. The molecule has 7 nitrogen and oxygen atoms in total. The van der Waals surface area contributed by atoms with Crippen LogP contribution in [0.3, 0.4) is 0 Å². The summed E-state index contributed by atoms with van der Waals surface area (Å²) < 4.78 is 3.50. The summed E-state index contributed by atoms with van der Waals surface area (Å²) in [5.41, 5.74) is 3.33. The van der Waals surface area contributed by atoms with Crippen LogP contribution in [0.15, 0.2) is 35.5 Å². The Morgan fingerprint density at radius 3 is 2.96 bits per heavy atom. The standard InChI is InChI=1S/C18H20N6O/c25-17-9-14-3-1-2-4-15(14)21-24(17)12-13-10-22(11-13)18-16-5-6-20-23(16)8-7-19-18/h5-9,13H,1-4,10-12H2. The van der Waals surface area contributed by atoms with Crippen LogP contribution in [-0.2, 0) is 19.4 Å². The van der Waals surface area contributed by atoms with Crippen molar-refractivity contribution in [2.24, 2.45) is 5.92 Å². The number of anilines is 1. The normalized spacial score (nSPS) is 17.5. The lowest BCUT2D eigenvalue weighted by Gasteiger charge is -2.40. The minimum absolute atomic E-state index is 0.0371. The van der Waals surface area contributed by atoms with E-state index in [1.165, 1.54) is 12.8 Å². The SMILES string of the molecule is O=c1cc2c(nn1CC1CN(c3nccn4nccc34)C1)CCCC2. The summed E-state index contributed by atoms with van der Waals surface area (Å²) in [6, 6.07) is 3.78. The molecule has 4 heterocycles. The number of nitrogens with zero attached hydrogens (tertiary/aromatic N) is 6. The lowest BCUT2D eigenvalue weighted by molar-refractivity contribution is 0.330. The highest BCUT2D eigenvalue weighted by Gasteiger charge is 2.30. The number of rotatable bonds is 3. The second kappa shape index (κ2) is 5.68. The van der Waals surface area contributed by atoms with E-state index in [0.717, 1.165) is 48.5 Å². The molecule has 0 N–H and O–H groups in total. The first-order valence-electron chi connectivity index (χ1n) is 8.91. The Kier molecular flexibility index (Phi) is 3.33. The molecule has 0 amide bonds. The van der Waals surface area contributed by atoms with Crippen LogP contribution in [0.25, 0.3) is 5.52 Å². The summed E-state index contributed by atoms with van der Waals surface area (Å²) in [6.45, 7) is 2.47. The second-order valence-corrected chi connectivity index (χ2v) is 7.03. The third-order valence-corrected chi connectivity index (χ3v) is 5.27. The molecule has 1 aliphatic carbocycles. The van der Waals surface area contributed by atoms with Crippen molar-refractivity contribution in [3.63, 3.8) is 0 Å². The van der Waals surface area contributed by atoms with Crippen molar-refractivity contribution in [3.05, 3.63) is 52.3 Å². The summed E-state index contributed by atoms with van der Waals surface area (Å²) in [7, 11) is 0. The van der Waals surface area contributed by atoms with E-state index in [4.69, 9.17) is 0 Å². The van der Waals surface area contributed by atoms with Gasteiger partial charge in [0.15, 0.2) is 5.82 Å². The Balaban J connectivity index is 1.32. The van der Waals surface area contributed by atoms with Crippen molar-refractivity contribution in [2.45, 2.75) is 32.2 Å². The van der Waals surface area contributed by atoms with Gasteiger partial charge in [0.2, 0.25) is 0 Å². The van der Waals surface area contributed by atoms with E-state index in [-0.39, 0.29) is 5.56 Å². The van der Waals surface area contributed by atoms with E-state index in [2.05, 4.69) is 20.1 Å². The zero-order chi connectivity index (χ0) is 16.8. The summed E-state index contributed by atoms with van der Waals surface area (Å²) in [5, 5.41) is 8.88. The molecule has 7 heteroatoms. The van der Waals surface area contributed by atoms with Crippen LogP contribution in [0.2, 0.25) is 0 Å². The maximum atomic E-state index is 12.3. The molecule has 5 rings (SSSR count). The van der Waals surface area contributed by atoms with Gasteiger partial charge in [-0.05, 0) is 37.3 Å². The first-order valence-corrected chi connectivity index (χ1v) is 8.91. The number of hydrogen-bond acceptors (Lipinski definition) is 5. The topological polar surface area (TPSA) is 68.3 Å². The first kappa shape index (κ1) is 14.6. The van der Waals surface area contributed by atoms with Crippen molar-refractivity contribution in [2.75, 3.05) is 18.0 Å². The third-order valence-electron chi connectivity index (χ3n) is 5.27. The van der Waals surface area contributed by atoms with Crippen molar-refractivity contribution in [1.29, 1.82) is 0 Å². The molecule has 1 aliphatic heterocycles.